The molecule has 1 aliphatic rings. The summed E-state index contributed by atoms with van der Waals surface area (Å²) in [7, 11) is 2.00. The molecule has 144 valence electrons. The quantitative estimate of drug-likeness (QED) is 0.390. The lowest BCUT2D eigenvalue weighted by molar-refractivity contribution is 0.0625. The van der Waals surface area contributed by atoms with E-state index in [4.69, 9.17) is 10.00 Å². The van der Waals surface area contributed by atoms with Gasteiger partial charge in [0.25, 0.3) is 0 Å². The Morgan fingerprint density at radius 1 is 1.42 bits per heavy atom. The molecule has 1 fully saturated rings. The van der Waals surface area contributed by atoms with Crippen molar-refractivity contribution in [3.05, 3.63) is 35.1 Å². The topological polar surface area (TPSA) is 60.7 Å². The van der Waals surface area contributed by atoms with Gasteiger partial charge < -0.3 is 15.0 Å². The van der Waals surface area contributed by atoms with E-state index in [1.54, 1.807) is 6.07 Å². The highest BCUT2D eigenvalue weighted by Crippen LogP contribution is 2.18. The van der Waals surface area contributed by atoms with Crippen molar-refractivity contribution in [1.29, 1.82) is 5.26 Å². The lowest BCUT2D eigenvalue weighted by Gasteiger charge is -2.26. The van der Waals surface area contributed by atoms with Gasteiger partial charge in [0.05, 0.1) is 18.2 Å². The number of nitrogens with zero attached hydrogens (tertiary/aromatic N) is 3. The third kappa shape index (κ3) is 7.08. The summed E-state index contributed by atoms with van der Waals surface area (Å²) in [5.74, 6) is 1.13. The second-order valence-electron chi connectivity index (χ2n) is 6.35. The van der Waals surface area contributed by atoms with E-state index in [9.17, 15) is 4.39 Å². The minimum atomic E-state index is -0.330. The van der Waals surface area contributed by atoms with Gasteiger partial charge >= 0.3 is 0 Å². The minimum absolute atomic E-state index is 0. The molecule has 7 heteroatoms. The van der Waals surface area contributed by atoms with Crippen molar-refractivity contribution < 1.29 is 9.13 Å². The zero-order chi connectivity index (χ0) is 18.1. The average Bonchev–Trinajstić information content (AvgIpc) is 2.65. The first-order valence-corrected chi connectivity index (χ1v) is 8.89. The van der Waals surface area contributed by atoms with Crippen molar-refractivity contribution in [3.63, 3.8) is 0 Å². The Labute approximate surface area is 172 Å². The lowest BCUT2D eigenvalue weighted by Crippen LogP contribution is -2.40. The van der Waals surface area contributed by atoms with E-state index in [1.807, 2.05) is 20.0 Å². The summed E-state index contributed by atoms with van der Waals surface area (Å²) in [4.78, 5) is 6.63. The van der Waals surface area contributed by atoms with E-state index < -0.39 is 0 Å². The van der Waals surface area contributed by atoms with E-state index in [-0.39, 0.29) is 36.3 Å². The fourth-order valence-electron chi connectivity index (χ4n) is 2.91. The molecule has 0 radical (unpaired) electrons. The molecular weight excluding hydrogens is 446 g/mol. The Morgan fingerprint density at radius 3 is 2.81 bits per heavy atom. The molecule has 1 aliphatic heterocycles. The van der Waals surface area contributed by atoms with Crippen LogP contribution in [0, 0.1) is 23.1 Å². The number of guanidine groups is 1. The van der Waals surface area contributed by atoms with Crippen LogP contribution in [0.5, 0.6) is 0 Å². The highest BCUT2D eigenvalue weighted by atomic mass is 127. The van der Waals surface area contributed by atoms with Gasteiger partial charge in [0, 0.05) is 38.9 Å². The summed E-state index contributed by atoms with van der Waals surface area (Å²) in [6, 6.07) is 6.40. The molecule has 0 aliphatic carbocycles. The molecule has 0 aromatic heterocycles. The van der Waals surface area contributed by atoms with Gasteiger partial charge in [-0.15, -0.1) is 24.0 Å². The van der Waals surface area contributed by atoms with Crippen molar-refractivity contribution in [2.75, 3.05) is 33.4 Å². The number of benzene rings is 1. The molecule has 5 nitrogen and oxygen atoms in total. The van der Waals surface area contributed by atoms with Crippen molar-refractivity contribution in [1.82, 2.24) is 10.2 Å². The molecule has 26 heavy (non-hydrogen) atoms. The number of rotatable bonds is 6. The average molecular weight is 474 g/mol. The highest BCUT2D eigenvalue weighted by Gasteiger charge is 2.15. The van der Waals surface area contributed by atoms with Gasteiger partial charge in [0.2, 0.25) is 0 Å². The number of halogens is 2. The van der Waals surface area contributed by atoms with E-state index in [1.165, 1.54) is 12.1 Å². The van der Waals surface area contributed by atoms with Crippen LogP contribution in [0.15, 0.2) is 23.2 Å². The summed E-state index contributed by atoms with van der Waals surface area (Å²) in [6.45, 7) is 5.59. The van der Waals surface area contributed by atoms with Gasteiger partial charge in [0.15, 0.2) is 5.96 Å². The lowest BCUT2D eigenvalue weighted by atomic mass is 9.96. The standard InChI is InChI=1S/C19H27FN4O.HI/c1-3-22-19(24(2)9-6-15-7-10-25-11-8-15)23-14-17-12-16(13-21)4-5-18(17)20;/h4-5,12,15H,3,6-11,14H2,1-2H3,(H,22,23);1H. The molecule has 1 aromatic carbocycles. The first-order chi connectivity index (χ1) is 12.1. The number of nitriles is 1. The summed E-state index contributed by atoms with van der Waals surface area (Å²) in [6.07, 6.45) is 3.34. The second-order valence-corrected chi connectivity index (χ2v) is 6.35. The highest BCUT2D eigenvalue weighted by molar-refractivity contribution is 14.0. The molecule has 1 N–H and O–H groups in total. The van der Waals surface area contributed by atoms with Crippen LogP contribution in [0.4, 0.5) is 4.39 Å². The first kappa shape index (κ1) is 22.6. The third-order valence-electron chi connectivity index (χ3n) is 4.48. The first-order valence-electron chi connectivity index (χ1n) is 8.89. The molecule has 0 amide bonds. The molecular formula is C19H28FIN4O. The molecule has 1 saturated heterocycles. The van der Waals surface area contributed by atoms with Gasteiger partial charge in [-0.2, -0.15) is 5.26 Å². The Bertz CT molecular complexity index is 626. The summed E-state index contributed by atoms with van der Waals surface area (Å²) < 4.78 is 19.3. The van der Waals surface area contributed by atoms with Crippen molar-refractivity contribution in [2.45, 2.75) is 32.7 Å². The predicted molar refractivity (Wildman–Crippen MR) is 112 cm³/mol. The van der Waals surface area contributed by atoms with E-state index >= 15 is 0 Å². The van der Waals surface area contributed by atoms with Crippen LogP contribution >= 0.6 is 24.0 Å². The monoisotopic (exact) mass is 474 g/mol. The van der Waals surface area contributed by atoms with Crippen LogP contribution in [0.2, 0.25) is 0 Å². The number of hydrogen-bond acceptors (Lipinski definition) is 3. The van der Waals surface area contributed by atoms with E-state index in [0.717, 1.165) is 51.5 Å². The van der Waals surface area contributed by atoms with Crippen LogP contribution in [0.25, 0.3) is 0 Å². The number of ether oxygens (including phenoxy) is 1. The molecule has 1 heterocycles. The molecule has 0 atom stereocenters. The third-order valence-corrected chi connectivity index (χ3v) is 4.48. The van der Waals surface area contributed by atoms with Crippen molar-refractivity contribution >= 4 is 29.9 Å². The summed E-state index contributed by atoms with van der Waals surface area (Å²) in [5, 5.41) is 12.2. The van der Waals surface area contributed by atoms with Crippen molar-refractivity contribution in [3.8, 4) is 6.07 Å². The van der Waals surface area contributed by atoms with Crippen LogP contribution in [0.3, 0.4) is 0 Å². The fourth-order valence-corrected chi connectivity index (χ4v) is 2.91. The minimum Gasteiger partial charge on any atom is -0.381 e. The van der Waals surface area contributed by atoms with Gasteiger partial charge in [0.1, 0.15) is 5.82 Å². The fraction of sp³-hybridized carbons (Fsp3) is 0.579. The Hall–Kier alpha value is -1.40. The smallest absolute Gasteiger partial charge is 0.193 e. The Morgan fingerprint density at radius 2 is 2.15 bits per heavy atom. The number of nitrogens with one attached hydrogen (secondary N) is 1. The predicted octanol–water partition coefficient (Wildman–Crippen LogP) is 3.53. The number of hydrogen-bond donors (Lipinski definition) is 1. The van der Waals surface area contributed by atoms with Crippen LogP contribution in [-0.2, 0) is 11.3 Å². The van der Waals surface area contributed by atoms with Gasteiger partial charge in [-0.25, -0.2) is 9.38 Å². The molecule has 1 aromatic rings. The maximum Gasteiger partial charge on any atom is 0.193 e. The van der Waals surface area contributed by atoms with Crippen LogP contribution in [-0.4, -0.2) is 44.2 Å². The van der Waals surface area contributed by atoms with Gasteiger partial charge in [-0.3, -0.25) is 0 Å². The molecule has 0 bridgehead atoms. The largest absolute Gasteiger partial charge is 0.381 e. The zero-order valence-corrected chi connectivity index (χ0v) is 17.8. The summed E-state index contributed by atoms with van der Waals surface area (Å²) >= 11 is 0. The maximum absolute atomic E-state index is 13.9. The molecule has 2 rings (SSSR count). The van der Waals surface area contributed by atoms with Gasteiger partial charge in [-0.05, 0) is 50.3 Å². The van der Waals surface area contributed by atoms with E-state index in [2.05, 4.69) is 15.2 Å². The van der Waals surface area contributed by atoms with Crippen molar-refractivity contribution in [2.24, 2.45) is 10.9 Å². The zero-order valence-electron chi connectivity index (χ0n) is 15.5. The Balaban J connectivity index is 0.00000338. The molecule has 0 spiro atoms. The SMILES string of the molecule is CCNC(=NCc1cc(C#N)ccc1F)N(C)CCC1CCOCC1.I. The van der Waals surface area contributed by atoms with Crippen LogP contribution < -0.4 is 5.32 Å². The normalized spacial score (nSPS) is 15.1. The molecule has 0 saturated carbocycles. The summed E-state index contributed by atoms with van der Waals surface area (Å²) in [5.41, 5.74) is 0.886. The number of aliphatic imine (C=N–C) groups is 1. The van der Waals surface area contributed by atoms with E-state index in [0.29, 0.717) is 17.0 Å². The Kier molecular flexibility index (Phi) is 10.5. The maximum atomic E-state index is 13.9. The molecule has 0 unspecified atom stereocenters. The van der Waals surface area contributed by atoms with Gasteiger partial charge in [-0.1, -0.05) is 0 Å². The van der Waals surface area contributed by atoms with Crippen LogP contribution in [0.1, 0.15) is 37.3 Å². The second kappa shape index (κ2) is 12.1.